The quantitative estimate of drug-likeness (QED) is 0.765. The fourth-order valence-electron chi connectivity index (χ4n) is 1.34. The van der Waals surface area contributed by atoms with Crippen molar-refractivity contribution >= 4 is 12.4 Å². The number of halogens is 1. The molecule has 0 saturated carbocycles. The normalized spacial score (nSPS) is 14.4. The van der Waals surface area contributed by atoms with E-state index in [9.17, 15) is 0 Å². The van der Waals surface area contributed by atoms with Crippen molar-refractivity contribution in [1.82, 2.24) is 0 Å². The van der Waals surface area contributed by atoms with E-state index in [1.54, 1.807) is 6.08 Å². The van der Waals surface area contributed by atoms with Gasteiger partial charge in [0, 0.05) is 5.56 Å². The monoisotopic (exact) mass is 213 g/mol. The molecule has 1 aliphatic heterocycles. The van der Waals surface area contributed by atoms with Crippen molar-refractivity contribution < 1.29 is 9.47 Å². The topological polar surface area (TPSA) is 44.5 Å². The Morgan fingerprint density at radius 2 is 2.21 bits per heavy atom. The molecule has 0 unspecified atom stereocenters. The molecule has 1 aromatic rings. The van der Waals surface area contributed by atoms with Crippen LogP contribution in [-0.2, 0) is 0 Å². The number of hydrogen-bond acceptors (Lipinski definition) is 3. The van der Waals surface area contributed by atoms with Crippen LogP contribution in [0.15, 0.2) is 30.9 Å². The van der Waals surface area contributed by atoms with Crippen LogP contribution in [0.2, 0.25) is 0 Å². The zero-order chi connectivity index (χ0) is 9.26. The number of ether oxygens (including phenoxy) is 2. The predicted molar refractivity (Wildman–Crippen MR) is 56.9 cm³/mol. The molecular weight excluding hydrogens is 202 g/mol. The number of nitrogens with two attached hydrogens (primary N) is 1. The highest BCUT2D eigenvalue weighted by Gasteiger charge is 2.19. The second-order valence-corrected chi connectivity index (χ2v) is 2.84. The molecule has 76 valence electrons. The smallest absolute Gasteiger partial charge is 0.231 e. The number of para-hydroxylation sites is 1. The largest absolute Gasteiger partial charge is 0.454 e. The van der Waals surface area contributed by atoms with Gasteiger partial charge in [-0.05, 0) is 6.07 Å². The van der Waals surface area contributed by atoms with Crippen LogP contribution in [0.5, 0.6) is 11.5 Å². The molecule has 1 aromatic carbocycles. The molecule has 14 heavy (non-hydrogen) atoms. The molecule has 1 atom stereocenters. The van der Waals surface area contributed by atoms with Crippen LogP contribution in [0.1, 0.15) is 11.6 Å². The van der Waals surface area contributed by atoms with Crippen molar-refractivity contribution in [1.29, 1.82) is 0 Å². The van der Waals surface area contributed by atoms with Crippen LogP contribution in [0.3, 0.4) is 0 Å². The van der Waals surface area contributed by atoms with Gasteiger partial charge < -0.3 is 15.2 Å². The number of hydrogen-bond donors (Lipinski definition) is 1. The molecule has 2 rings (SSSR count). The summed E-state index contributed by atoms with van der Waals surface area (Å²) < 4.78 is 10.5. The highest BCUT2D eigenvalue weighted by atomic mass is 35.5. The minimum Gasteiger partial charge on any atom is -0.454 e. The first-order valence-corrected chi connectivity index (χ1v) is 4.09. The van der Waals surface area contributed by atoms with E-state index in [1.165, 1.54) is 0 Å². The van der Waals surface area contributed by atoms with Crippen LogP contribution in [-0.4, -0.2) is 6.79 Å². The molecule has 0 aliphatic carbocycles. The molecule has 0 aromatic heterocycles. The molecule has 0 radical (unpaired) electrons. The van der Waals surface area contributed by atoms with E-state index in [1.807, 2.05) is 18.2 Å². The van der Waals surface area contributed by atoms with Gasteiger partial charge in [0.05, 0.1) is 6.04 Å². The van der Waals surface area contributed by atoms with E-state index in [0.29, 0.717) is 0 Å². The Hall–Kier alpha value is -1.19. The minimum absolute atomic E-state index is 0. The Balaban J connectivity index is 0.000000980. The van der Waals surface area contributed by atoms with Crippen LogP contribution in [0.25, 0.3) is 0 Å². The maximum atomic E-state index is 5.81. The van der Waals surface area contributed by atoms with E-state index in [4.69, 9.17) is 15.2 Å². The van der Waals surface area contributed by atoms with E-state index in [2.05, 4.69) is 6.58 Å². The third-order valence-electron chi connectivity index (χ3n) is 2.04. The average molecular weight is 214 g/mol. The standard InChI is InChI=1S/C10H11NO2.ClH/c1-2-8(11)7-4-3-5-9-10(7)13-6-12-9;/h2-5,8H,1,6,11H2;1H/t8-;/m0./s1. The summed E-state index contributed by atoms with van der Waals surface area (Å²) in [6, 6.07) is 5.48. The Bertz CT molecular complexity index is 341. The van der Waals surface area contributed by atoms with Crippen molar-refractivity contribution in [2.24, 2.45) is 5.73 Å². The fourth-order valence-corrected chi connectivity index (χ4v) is 1.34. The van der Waals surface area contributed by atoms with Gasteiger partial charge in [0.2, 0.25) is 6.79 Å². The first-order chi connectivity index (χ1) is 6.33. The Labute approximate surface area is 88.9 Å². The summed E-state index contributed by atoms with van der Waals surface area (Å²) in [6.45, 7) is 3.92. The molecule has 0 fully saturated rings. The molecule has 1 heterocycles. The van der Waals surface area contributed by atoms with Crippen LogP contribution in [0, 0.1) is 0 Å². The van der Waals surface area contributed by atoms with Gasteiger partial charge in [0.15, 0.2) is 11.5 Å². The third-order valence-corrected chi connectivity index (χ3v) is 2.04. The maximum absolute atomic E-state index is 5.81. The summed E-state index contributed by atoms with van der Waals surface area (Å²) in [5, 5.41) is 0. The Morgan fingerprint density at radius 1 is 1.43 bits per heavy atom. The summed E-state index contributed by atoms with van der Waals surface area (Å²) in [4.78, 5) is 0. The zero-order valence-electron chi connectivity index (χ0n) is 7.60. The summed E-state index contributed by atoms with van der Waals surface area (Å²) in [5.41, 5.74) is 6.74. The molecular formula is C10H12ClNO2. The lowest BCUT2D eigenvalue weighted by atomic mass is 10.1. The van der Waals surface area contributed by atoms with Gasteiger partial charge in [0.25, 0.3) is 0 Å². The van der Waals surface area contributed by atoms with Gasteiger partial charge in [-0.2, -0.15) is 0 Å². The van der Waals surface area contributed by atoms with E-state index >= 15 is 0 Å². The molecule has 2 N–H and O–H groups in total. The molecule has 3 nitrogen and oxygen atoms in total. The SMILES string of the molecule is C=C[C@H](N)c1cccc2c1OCO2.Cl. The second kappa shape index (κ2) is 4.35. The van der Waals surface area contributed by atoms with Gasteiger partial charge in [-0.1, -0.05) is 18.2 Å². The van der Waals surface area contributed by atoms with Crippen molar-refractivity contribution in [3.63, 3.8) is 0 Å². The first kappa shape index (κ1) is 10.9. The Morgan fingerprint density at radius 3 is 2.93 bits per heavy atom. The maximum Gasteiger partial charge on any atom is 0.231 e. The van der Waals surface area contributed by atoms with Gasteiger partial charge in [-0.15, -0.1) is 19.0 Å². The van der Waals surface area contributed by atoms with E-state index < -0.39 is 0 Å². The second-order valence-electron chi connectivity index (χ2n) is 2.84. The summed E-state index contributed by atoms with van der Waals surface area (Å²) in [6.07, 6.45) is 1.68. The molecule has 4 heteroatoms. The van der Waals surface area contributed by atoms with Crippen molar-refractivity contribution in [3.8, 4) is 11.5 Å². The predicted octanol–water partition coefficient (Wildman–Crippen LogP) is 2.02. The van der Waals surface area contributed by atoms with E-state index in [-0.39, 0.29) is 25.2 Å². The number of benzene rings is 1. The lowest BCUT2D eigenvalue weighted by molar-refractivity contribution is 0.173. The lowest BCUT2D eigenvalue weighted by Crippen LogP contribution is -2.07. The van der Waals surface area contributed by atoms with Crippen molar-refractivity contribution in [2.75, 3.05) is 6.79 Å². The van der Waals surface area contributed by atoms with Gasteiger partial charge in [-0.3, -0.25) is 0 Å². The molecule has 0 spiro atoms. The Kier molecular flexibility index (Phi) is 3.38. The van der Waals surface area contributed by atoms with E-state index in [0.717, 1.165) is 17.1 Å². The number of rotatable bonds is 2. The summed E-state index contributed by atoms with van der Waals surface area (Å²) in [5.74, 6) is 1.50. The highest BCUT2D eigenvalue weighted by Crippen LogP contribution is 2.37. The molecule has 0 saturated heterocycles. The van der Waals surface area contributed by atoms with Gasteiger partial charge >= 0.3 is 0 Å². The van der Waals surface area contributed by atoms with Gasteiger partial charge in [-0.25, -0.2) is 0 Å². The van der Waals surface area contributed by atoms with Crippen LogP contribution in [0.4, 0.5) is 0 Å². The van der Waals surface area contributed by atoms with Crippen LogP contribution < -0.4 is 15.2 Å². The molecule has 0 bridgehead atoms. The fraction of sp³-hybridized carbons (Fsp3) is 0.200. The van der Waals surface area contributed by atoms with Crippen LogP contribution >= 0.6 is 12.4 Å². The third kappa shape index (κ3) is 1.69. The average Bonchev–Trinajstić information content (AvgIpc) is 2.63. The minimum atomic E-state index is -0.198. The molecule has 0 amide bonds. The molecule has 1 aliphatic rings. The van der Waals surface area contributed by atoms with Gasteiger partial charge in [0.1, 0.15) is 0 Å². The van der Waals surface area contributed by atoms with Crippen molar-refractivity contribution in [3.05, 3.63) is 36.4 Å². The lowest BCUT2D eigenvalue weighted by Gasteiger charge is -2.09. The first-order valence-electron chi connectivity index (χ1n) is 4.09. The summed E-state index contributed by atoms with van der Waals surface area (Å²) >= 11 is 0. The zero-order valence-corrected chi connectivity index (χ0v) is 8.42. The van der Waals surface area contributed by atoms with Crippen molar-refractivity contribution in [2.45, 2.75) is 6.04 Å². The summed E-state index contributed by atoms with van der Waals surface area (Å²) in [7, 11) is 0. The highest BCUT2D eigenvalue weighted by molar-refractivity contribution is 5.85. The number of fused-ring (bicyclic) bond motifs is 1.